The van der Waals surface area contributed by atoms with Crippen molar-refractivity contribution in [3.63, 3.8) is 0 Å². The molecular weight excluding hydrogens is 608 g/mol. The van der Waals surface area contributed by atoms with E-state index in [-0.39, 0.29) is 18.1 Å². The molecule has 0 saturated carbocycles. The van der Waals surface area contributed by atoms with Crippen LogP contribution >= 0.6 is 22.9 Å². The number of nitrogens with zero attached hydrogens (tertiary/aromatic N) is 4. The molecule has 0 saturated heterocycles. The van der Waals surface area contributed by atoms with E-state index in [1.54, 1.807) is 39.8 Å². The Balaban J connectivity index is 1.56. The van der Waals surface area contributed by atoms with Gasteiger partial charge in [-0.1, -0.05) is 59.3 Å². The molecule has 2 heterocycles. The van der Waals surface area contributed by atoms with Crippen molar-refractivity contribution in [3.8, 4) is 17.6 Å². The SMILES string of the molecule is CCOc1cc(/C=c2/sc3n(c2=O)[C@@H](c2ccc(Cl)cc2)C(C(=O)N(CC)CC)=C(C)N=3)ccc1OCc1ccccc1C#N. The topological polar surface area (TPSA) is 96.9 Å². The number of aromatic nitrogens is 1. The number of allylic oxidation sites excluding steroid dienone is 1. The van der Waals surface area contributed by atoms with Crippen LogP contribution in [0, 0.1) is 11.3 Å². The Morgan fingerprint density at radius 2 is 1.80 bits per heavy atom. The van der Waals surface area contributed by atoms with Crippen molar-refractivity contribution in [1.29, 1.82) is 5.26 Å². The predicted molar refractivity (Wildman–Crippen MR) is 176 cm³/mol. The van der Waals surface area contributed by atoms with Gasteiger partial charge in [-0.05, 0) is 75.2 Å². The van der Waals surface area contributed by atoms with Gasteiger partial charge in [0.05, 0.1) is 40.1 Å². The molecule has 0 bridgehead atoms. The van der Waals surface area contributed by atoms with E-state index in [4.69, 9.17) is 26.1 Å². The number of benzene rings is 3. The number of fused-ring (bicyclic) bond motifs is 1. The number of hydrogen-bond donors (Lipinski definition) is 0. The normalized spacial score (nSPS) is 14.4. The van der Waals surface area contributed by atoms with Crippen LogP contribution in [0.15, 0.2) is 87.8 Å². The van der Waals surface area contributed by atoms with Crippen molar-refractivity contribution < 1.29 is 14.3 Å². The lowest BCUT2D eigenvalue weighted by atomic mass is 9.94. The third-order valence-corrected chi connectivity index (χ3v) is 8.81. The van der Waals surface area contributed by atoms with Crippen molar-refractivity contribution in [2.75, 3.05) is 19.7 Å². The Morgan fingerprint density at radius 3 is 2.49 bits per heavy atom. The zero-order valence-corrected chi connectivity index (χ0v) is 27.1. The fourth-order valence-electron chi connectivity index (χ4n) is 5.30. The lowest BCUT2D eigenvalue weighted by Crippen LogP contribution is -2.43. The van der Waals surface area contributed by atoms with Gasteiger partial charge in [0.2, 0.25) is 0 Å². The van der Waals surface area contributed by atoms with E-state index in [1.807, 2.05) is 70.2 Å². The Labute approximate surface area is 270 Å². The zero-order valence-electron chi connectivity index (χ0n) is 25.5. The molecule has 45 heavy (non-hydrogen) atoms. The van der Waals surface area contributed by atoms with E-state index in [9.17, 15) is 14.9 Å². The molecule has 230 valence electrons. The van der Waals surface area contributed by atoms with Crippen LogP contribution in [0.4, 0.5) is 0 Å². The number of rotatable bonds is 10. The molecule has 0 aliphatic carbocycles. The summed E-state index contributed by atoms with van der Waals surface area (Å²) in [7, 11) is 0. The number of likely N-dealkylation sites (N-methyl/N-ethyl adjacent to an activating group) is 1. The number of carbonyl (C=O) groups excluding carboxylic acids is 1. The van der Waals surface area contributed by atoms with Gasteiger partial charge in [-0.15, -0.1) is 0 Å². The molecule has 1 amide bonds. The van der Waals surface area contributed by atoms with E-state index in [0.717, 1.165) is 16.7 Å². The Hall–Kier alpha value is -4.65. The van der Waals surface area contributed by atoms with Crippen molar-refractivity contribution in [2.24, 2.45) is 4.99 Å². The number of thiazole rings is 1. The van der Waals surface area contributed by atoms with E-state index >= 15 is 0 Å². The highest BCUT2D eigenvalue weighted by molar-refractivity contribution is 7.07. The fourth-order valence-corrected chi connectivity index (χ4v) is 6.47. The van der Waals surface area contributed by atoms with Gasteiger partial charge >= 0.3 is 0 Å². The standard InChI is InChI=1S/C35H33ClN4O4S/c1-5-39(6-2)34(42)31-22(4)38-35-40(32(31)24-13-15-27(36)16-14-24)33(41)30(45-35)19-23-12-17-28(29(18-23)43-7-3)44-21-26-11-9-8-10-25(26)20-37/h8-19,32H,5-7,21H2,1-4H3/b30-19+/t32-/m0/s1. The van der Waals surface area contributed by atoms with Gasteiger partial charge in [-0.3, -0.25) is 14.2 Å². The van der Waals surface area contributed by atoms with Crippen LogP contribution in [0.5, 0.6) is 11.5 Å². The Morgan fingerprint density at radius 1 is 1.07 bits per heavy atom. The molecular formula is C35H33ClN4O4S. The van der Waals surface area contributed by atoms with Crippen LogP contribution in [0.1, 0.15) is 56.0 Å². The van der Waals surface area contributed by atoms with Gasteiger partial charge in [0.15, 0.2) is 16.3 Å². The molecule has 0 spiro atoms. The first-order valence-electron chi connectivity index (χ1n) is 14.7. The van der Waals surface area contributed by atoms with E-state index in [2.05, 4.69) is 6.07 Å². The third-order valence-electron chi connectivity index (χ3n) is 7.57. The number of amides is 1. The maximum Gasteiger partial charge on any atom is 0.271 e. The summed E-state index contributed by atoms with van der Waals surface area (Å²) in [6.45, 7) is 9.27. The van der Waals surface area contributed by atoms with Crippen LogP contribution < -0.4 is 24.4 Å². The van der Waals surface area contributed by atoms with E-state index in [1.165, 1.54) is 11.3 Å². The molecule has 10 heteroatoms. The largest absolute Gasteiger partial charge is 0.490 e. The number of nitriles is 1. The molecule has 4 aromatic rings. The van der Waals surface area contributed by atoms with Gasteiger partial charge in [0.1, 0.15) is 6.61 Å². The van der Waals surface area contributed by atoms with Gasteiger partial charge < -0.3 is 14.4 Å². The van der Waals surface area contributed by atoms with Gasteiger partial charge in [-0.25, -0.2) is 4.99 Å². The summed E-state index contributed by atoms with van der Waals surface area (Å²) in [6.07, 6.45) is 1.80. The molecule has 8 nitrogen and oxygen atoms in total. The van der Waals surface area contributed by atoms with Crippen molar-refractivity contribution in [3.05, 3.63) is 125 Å². The minimum Gasteiger partial charge on any atom is -0.490 e. The van der Waals surface area contributed by atoms with Gasteiger partial charge in [-0.2, -0.15) is 5.26 Å². The predicted octanol–water partition coefficient (Wildman–Crippen LogP) is 5.61. The summed E-state index contributed by atoms with van der Waals surface area (Å²) in [5, 5.41) is 9.98. The Kier molecular flexibility index (Phi) is 9.87. The second kappa shape index (κ2) is 14.0. The molecule has 3 aromatic carbocycles. The first-order valence-corrected chi connectivity index (χ1v) is 15.9. The second-order valence-electron chi connectivity index (χ2n) is 10.3. The van der Waals surface area contributed by atoms with Crippen molar-refractivity contribution in [2.45, 2.75) is 40.3 Å². The zero-order chi connectivity index (χ0) is 32.1. The number of ether oxygens (including phenoxy) is 2. The van der Waals surface area contributed by atoms with Crippen LogP contribution in [0.3, 0.4) is 0 Å². The average molecular weight is 641 g/mol. The number of halogens is 1. The minimum atomic E-state index is -0.653. The molecule has 0 N–H and O–H groups in total. The highest BCUT2D eigenvalue weighted by Crippen LogP contribution is 2.32. The summed E-state index contributed by atoms with van der Waals surface area (Å²) in [5.41, 5.74) is 3.65. The fraction of sp³-hybridized carbons (Fsp3) is 0.257. The maximum absolute atomic E-state index is 14.1. The van der Waals surface area contributed by atoms with Crippen LogP contribution in [-0.2, 0) is 11.4 Å². The molecule has 1 aliphatic heterocycles. The third kappa shape index (κ3) is 6.58. The van der Waals surface area contributed by atoms with Crippen molar-refractivity contribution in [1.82, 2.24) is 9.47 Å². The first-order chi connectivity index (χ1) is 21.8. The lowest BCUT2D eigenvalue weighted by molar-refractivity contribution is -0.127. The molecule has 0 fully saturated rings. The quantitative estimate of drug-likeness (QED) is 0.225. The second-order valence-corrected chi connectivity index (χ2v) is 11.8. The highest BCUT2D eigenvalue weighted by Gasteiger charge is 2.34. The summed E-state index contributed by atoms with van der Waals surface area (Å²) >= 11 is 7.47. The van der Waals surface area contributed by atoms with E-state index in [0.29, 0.717) is 62.4 Å². The maximum atomic E-state index is 14.1. The van der Waals surface area contributed by atoms with Crippen LogP contribution in [0.2, 0.25) is 5.02 Å². The van der Waals surface area contributed by atoms with Crippen molar-refractivity contribution >= 4 is 34.9 Å². The monoisotopic (exact) mass is 640 g/mol. The summed E-state index contributed by atoms with van der Waals surface area (Å²) in [5.74, 6) is 0.904. The molecule has 0 radical (unpaired) electrons. The lowest BCUT2D eigenvalue weighted by Gasteiger charge is -2.29. The highest BCUT2D eigenvalue weighted by atomic mass is 35.5. The molecule has 1 aromatic heterocycles. The smallest absolute Gasteiger partial charge is 0.271 e. The van der Waals surface area contributed by atoms with E-state index < -0.39 is 6.04 Å². The molecule has 0 unspecified atom stereocenters. The number of hydrogen-bond acceptors (Lipinski definition) is 7. The average Bonchev–Trinajstić information content (AvgIpc) is 3.34. The Bertz CT molecular complexity index is 1990. The van der Waals surface area contributed by atoms with Gasteiger partial charge in [0.25, 0.3) is 11.5 Å². The summed E-state index contributed by atoms with van der Waals surface area (Å²) < 4.78 is 14.0. The van der Waals surface area contributed by atoms with Gasteiger partial charge in [0, 0.05) is 23.7 Å². The van der Waals surface area contributed by atoms with Crippen LogP contribution in [0.25, 0.3) is 6.08 Å². The summed E-state index contributed by atoms with van der Waals surface area (Å²) in [6, 6.07) is 21.5. The minimum absolute atomic E-state index is 0.148. The first kappa shape index (κ1) is 31.8. The summed E-state index contributed by atoms with van der Waals surface area (Å²) in [4.78, 5) is 34.8. The number of carbonyl (C=O) groups is 1. The molecule has 1 aliphatic rings. The molecule has 1 atom stereocenters. The van der Waals surface area contributed by atoms with Crippen LogP contribution in [-0.4, -0.2) is 35.1 Å². The molecule has 5 rings (SSSR count).